The first-order chi connectivity index (χ1) is 15.0. The number of anilines is 2. The van der Waals surface area contributed by atoms with Crippen LogP contribution in [0.1, 0.15) is 32.4 Å². The molecule has 1 aliphatic rings. The Bertz CT molecular complexity index is 1120. The van der Waals surface area contributed by atoms with Gasteiger partial charge in [0, 0.05) is 11.4 Å². The third kappa shape index (κ3) is 4.44. The minimum Gasteiger partial charge on any atom is -0.496 e. The topological polar surface area (TPSA) is 58.6 Å². The zero-order valence-electron chi connectivity index (χ0n) is 17.7. The molecule has 0 aliphatic carbocycles. The number of thioether (sulfide) groups is 1. The van der Waals surface area contributed by atoms with Gasteiger partial charge in [-0.05, 0) is 66.9 Å². The molecule has 31 heavy (non-hydrogen) atoms. The van der Waals surface area contributed by atoms with E-state index < -0.39 is 0 Å². The highest BCUT2D eigenvalue weighted by Gasteiger charge is 2.34. The van der Waals surface area contributed by atoms with E-state index in [1.807, 2.05) is 61.2 Å². The molecule has 4 rings (SSSR count). The number of para-hydroxylation sites is 1. The summed E-state index contributed by atoms with van der Waals surface area (Å²) in [6, 6.07) is 21.0. The summed E-state index contributed by atoms with van der Waals surface area (Å²) in [5.74, 6) is 0.795. The Kier molecular flexibility index (Phi) is 6.00. The summed E-state index contributed by atoms with van der Waals surface area (Å²) in [6.45, 7) is 4.07. The molecular weight excluding hydrogens is 408 g/mol. The maximum atomic E-state index is 12.8. The molecule has 0 radical (unpaired) electrons. The lowest BCUT2D eigenvalue weighted by Gasteiger charge is -2.25. The first kappa shape index (κ1) is 21.0. The predicted molar refractivity (Wildman–Crippen MR) is 126 cm³/mol. The highest BCUT2D eigenvalue weighted by molar-refractivity contribution is 8.00. The fourth-order valence-electron chi connectivity index (χ4n) is 3.84. The molecule has 158 valence electrons. The number of carbonyl (C=O) groups excluding carboxylic acids is 2. The van der Waals surface area contributed by atoms with Crippen LogP contribution in [0.15, 0.2) is 66.7 Å². The van der Waals surface area contributed by atoms with Crippen LogP contribution in [-0.2, 0) is 4.79 Å². The van der Waals surface area contributed by atoms with Crippen molar-refractivity contribution in [2.45, 2.75) is 19.2 Å². The minimum atomic E-state index is -0.240. The van der Waals surface area contributed by atoms with Gasteiger partial charge in [0.05, 0.1) is 18.4 Å². The molecule has 1 fully saturated rings. The summed E-state index contributed by atoms with van der Waals surface area (Å²) in [7, 11) is 1.54. The fraction of sp³-hybridized carbons (Fsp3) is 0.200. The van der Waals surface area contributed by atoms with Crippen LogP contribution in [-0.4, -0.2) is 24.7 Å². The van der Waals surface area contributed by atoms with E-state index in [-0.39, 0.29) is 17.2 Å². The number of benzene rings is 3. The number of methoxy groups -OCH3 is 1. The van der Waals surface area contributed by atoms with E-state index in [1.54, 1.807) is 37.1 Å². The van der Waals surface area contributed by atoms with E-state index in [1.165, 1.54) is 0 Å². The Morgan fingerprint density at radius 1 is 1.03 bits per heavy atom. The van der Waals surface area contributed by atoms with Gasteiger partial charge >= 0.3 is 0 Å². The molecule has 3 aromatic carbocycles. The molecule has 0 spiro atoms. The van der Waals surface area contributed by atoms with Gasteiger partial charge in [-0.15, -0.1) is 11.8 Å². The van der Waals surface area contributed by atoms with E-state index in [4.69, 9.17) is 4.74 Å². The number of nitrogens with zero attached hydrogens (tertiary/aromatic N) is 1. The molecule has 1 aliphatic heterocycles. The van der Waals surface area contributed by atoms with Crippen LogP contribution in [0.5, 0.6) is 5.75 Å². The molecule has 3 aromatic rings. The number of carbonyl (C=O) groups is 2. The van der Waals surface area contributed by atoms with Crippen molar-refractivity contribution in [2.75, 3.05) is 23.1 Å². The second-order valence-electron chi connectivity index (χ2n) is 7.55. The Balaban J connectivity index is 1.61. The van der Waals surface area contributed by atoms with Crippen LogP contribution in [0.25, 0.3) is 0 Å². The third-order valence-electron chi connectivity index (χ3n) is 5.13. The van der Waals surface area contributed by atoms with E-state index in [0.29, 0.717) is 22.8 Å². The van der Waals surface area contributed by atoms with Gasteiger partial charge in [-0.2, -0.15) is 0 Å². The minimum absolute atomic E-state index is 0.0865. The second kappa shape index (κ2) is 8.86. The van der Waals surface area contributed by atoms with E-state index in [0.717, 1.165) is 22.4 Å². The highest BCUT2D eigenvalue weighted by Crippen LogP contribution is 2.42. The smallest absolute Gasteiger partial charge is 0.259 e. The van der Waals surface area contributed by atoms with Gasteiger partial charge in [-0.1, -0.05) is 30.3 Å². The van der Waals surface area contributed by atoms with Gasteiger partial charge in [0.2, 0.25) is 5.91 Å². The summed E-state index contributed by atoms with van der Waals surface area (Å²) in [6.07, 6.45) is 0. The number of aryl methyl sites for hydroxylation is 2. The summed E-state index contributed by atoms with van der Waals surface area (Å²) >= 11 is 1.59. The third-order valence-corrected chi connectivity index (χ3v) is 6.35. The van der Waals surface area contributed by atoms with E-state index >= 15 is 0 Å². The molecule has 2 amide bonds. The van der Waals surface area contributed by atoms with Gasteiger partial charge in [0.15, 0.2) is 0 Å². The Hall–Kier alpha value is -3.25. The standard InChI is InChI=1S/C25H24N2O3S/c1-16-11-17(2)13-20(12-16)27-23(28)15-31-25(27)18-7-6-8-19(14-18)26-24(29)21-9-4-5-10-22(21)30-3/h4-14,25H,15H2,1-3H3,(H,26,29)/t25-/m1/s1. The zero-order valence-corrected chi connectivity index (χ0v) is 18.5. The molecule has 0 saturated carbocycles. The van der Waals surface area contributed by atoms with Crippen LogP contribution < -0.4 is 15.0 Å². The predicted octanol–water partition coefficient (Wildman–Crippen LogP) is 5.34. The molecule has 1 heterocycles. The van der Waals surface area contributed by atoms with Gasteiger partial charge in [0.1, 0.15) is 11.1 Å². The van der Waals surface area contributed by atoms with Crippen LogP contribution >= 0.6 is 11.8 Å². The Morgan fingerprint density at radius 2 is 1.77 bits per heavy atom. The van der Waals surface area contributed by atoms with Gasteiger partial charge in [-0.3, -0.25) is 14.5 Å². The van der Waals surface area contributed by atoms with Crippen molar-refractivity contribution >= 4 is 35.0 Å². The Morgan fingerprint density at radius 3 is 2.52 bits per heavy atom. The van der Waals surface area contributed by atoms with Crippen LogP contribution in [0.2, 0.25) is 0 Å². The first-order valence-electron chi connectivity index (χ1n) is 10.0. The number of amides is 2. The highest BCUT2D eigenvalue weighted by atomic mass is 32.2. The van der Waals surface area contributed by atoms with E-state index in [2.05, 4.69) is 11.4 Å². The molecule has 0 aromatic heterocycles. The quantitative estimate of drug-likeness (QED) is 0.591. The van der Waals surface area contributed by atoms with Crippen molar-refractivity contribution in [2.24, 2.45) is 0 Å². The molecule has 1 saturated heterocycles. The van der Waals surface area contributed by atoms with Crippen molar-refractivity contribution < 1.29 is 14.3 Å². The lowest BCUT2D eigenvalue weighted by Crippen LogP contribution is -2.28. The number of nitrogens with one attached hydrogen (secondary N) is 1. The van der Waals surface area contributed by atoms with Crippen molar-refractivity contribution in [3.63, 3.8) is 0 Å². The number of hydrogen-bond donors (Lipinski definition) is 1. The van der Waals surface area contributed by atoms with Crippen LogP contribution in [0.3, 0.4) is 0 Å². The molecule has 0 bridgehead atoms. The van der Waals surface area contributed by atoms with Crippen molar-refractivity contribution in [3.8, 4) is 5.75 Å². The number of ether oxygens (including phenoxy) is 1. The fourth-order valence-corrected chi connectivity index (χ4v) is 5.01. The van der Waals surface area contributed by atoms with Gasteiger partial charge in [0.25, 0.3) is 5.91 Å². The second-order valence-corrected chi connectivity index (χ2v) is 8.62. The first-order valence-corrected chi connectivity index (χ1v) is 11.1. The SMILES string of the molecule is COc1ccccc1C(=O)Nc1cccc([C@H]2SCC(=O)N2c2cc(C)cc(C)c2)c1. The Labute approximate surface area is 186 Å². The zero-order chi connectivity index (χ0) is 22.0. The summed E-state index contributed by atoms with van der Waals surface area (Å²) in [5, 5.41) is 2.81. The monoisotopic (exact) mass is 432 g/mol. The van der Waals surface area contributed by atoms with Crippen LogP contribution in [0.4, 0.5) is 11.4 Å². The van der Waals surface area contributed by atoms with Crippen molar-refractivity contribution in [1.29, 1.82) is 0 Å². The number of hydrogen-bond acceptors (Lipinski definition) is 4. The van der Waals surface area contributed by atoms with Crippen molar-refractivity contribution in [1.82, 2.24) is 0 Å². The van der Waals surface area contributed by atoms with Gasteiger partial charge in [-0.25, -0.2) is 0 Å². The molecule has 1 atom stereocenters. The normalized spacial score (nSPS) is 15.8. The molecular formula is C25H24N2O3S. The maximum Gasteiger partial charge on any atom is 0.259 e. The number of rotatable bonds is 5. The molecule has 6 heteroatoms. The summed E-state index contributed by atoms with van der Waals surface area (Å²) < 4.78 is 5.29. The van der Waals surface area contributed by atoms with Crippen molar-refractivity contribution in [3.05, 3.63) is 89.0 Å². The molecule has 5 nitrogen and oxygen atoms in total. The maximum absolute atomic E-state index is 12.8. The van der Waals surface area contributed by atoms with E-state index in [9.17, 15) is 9.59 Å². The summed E-state index contributed by atoms with van der Waals surface area (Å²) in [4.78, 5) is 27.4. The average molecular weight is 433 g/mol. The summed E-state index contributed by atoms with van der Waals surface area (Å²) in [5.41, 5.74) is 5.26. The molecule has 0 unspecified atom stereocenters. The molecule has 1 N–H and O–H groups in total. The largest absolute Gasteiger partial charge is 0.496 e. The van der Waals surface area contributed by atoms with Crippen LogP contribution in [0, 0.1) is 13.8 Å². The average Bonchev–Trinajstić information content (AvgIpc) is 3.14. The lowest BCUT2D eigenvalue weighted by atomic mass is 10.1. The van der Waals surface area contributed by atoms with Gasteiger partial charge < -0.3 is 10.1 Å². The lowest BCUT2D eigenvalue weighted by molar-refractivity contribution is -0.115.